The number of rotatable bonds is 5. The molecule has 0 heterocycles. The summed E-state index contributed by atoms with van der Waals surface area (Å²) >= 11 is 0. The summed E-state index contributed by atoms with van der Waals surface area (Å²) in [6.07, 6.45) is 0.924. The minimum atomic E-state index is -0.974. The van der Waals surface area contributed by atoms with Gasteiger partial charge in [-0.05, 0) is 19.3 Å². The largest absolute Gasteiger partial charge is 0.387 e. The van der Waals surface area contributed by atoms with Crippen molar-refractivity contribution in [1.29, 1.82) is 5.26 Å². The Bertz CT molecular complexity index is 366. The number of carbonyl (C=O) groups is 2. The number of primary amides is 1. The molecular weight excluding hydrogens is 220 g/mol. The van der Waals surface area contributed by atoms with Gasteiger partial charge in [-0.3, -0.25) is 10.1 Å². The Morgan fingerprint density at radius 3 is 2.41 bits per heavy atom. The highest BCUT2D eigenvalue weighted by Gasteiger charge is 2.14. The van der Waals surface area contributed by atoms with Crippen molar-refractivity contribution >= 4 is 11.9 Å². The van der Waals surface area contributed by atoms with Gasteiger partial charge in [0.05, 0.1) is 0 Å². The van der Waals surface area contributed by atoms with Crippen molar-refractivity contribution in [1.82, 2.24) is 10.6 Å². The molecule has 0 aromatic heterocycles. The van der Waals surface area contributed by atoms with E-state index in [-0.39, 0.29) is 5.57 Å². The van der Waals surface area contributed by atoms with Gasteiger partial charge in [0.1, 0.15) is 11.6 Å². The fourth-order valence-electron chi connectivity index (χ4n) is 1.12. The molecule has 0 radical (unpaired) electrons. The highest BCUT2D eigenvalue weighted by Crippen LogP contribution is 2.02. The van der Waals surface area contributed by atoms with Crippen LogP contribution in [0.5, 0.6) is 0 Å². The smallest absolute Gasteiger partial charge is 0.319 e. The molecule has 0 unspecified atom stereocenters. The van der Waals surface area contributed by atoms with Gasteiger partial charge in [0.15, 0.2) is 0 Å². The fraction of sp³-hybridized carbons (Fsp3) is 0.545. The third kappa shape index (κ3) is 6.20. The Balaban J connectivity index is 4.54. The number of nitrogens with two attached hydrogens (primary N) is 1. The van der Waals surface area contributed by atoms with Crippen LogP contribution in [-0.2, 0) is 4.79 Å². The zero-order chi connectivity index (χ0) is 13.4. The van der Waals surface area contributed by atoms with E-state index in [2.05, 4.69) is 19.2 Å². The average Bonchev–Trinajstić information content (AvgIpc) is 2.16. The first-order valence-electron chi connectivity index (χ1n) is 5.34. The Kier molecular flexibility index (Phi) is 6.41. The number of amides is 3. The van der Waals surface area contributed by atoms with E-state index in [0.29, 0.717) is 18.2 Å². The highest BCUT2D eigenvalue weighted by molar-refractivity contribution is 6.06. The lowest BCUT2D eigenvalue weighted by atomic mass is 10.1. The molecule has 4 N–H and O–H groups in total. The summed E-state index contributed by atoms with van der Waals surface area (Å²) in [5.74, 6) is -0.255. The van der Waals surface area contributed by atoms with Crippen LogP contribution in [0.1, 0.15) is 27.2 Å². The van der Waals surface area contributed by atoms with E-state index in [1.807, 2.05) is 5.32 Å². The molecule has 94 valence electrons. The van der Waals surface area contributed by atoms with Gasteiger partial charge in [-0.2, -0.15) is 5.26 Å². The van der Waals surface area contributed by atoms with E-state index < -0.39 is 11.9 Å². The maximum absolute atomic E-state index is 11.4. The normalized spacial score (nSPS) is 11.5. The number of nitrogens with zero attached hydrogens (tertiary/aromatic N) is 1. The SMILES string of the molecule is C/C(NCCC(C)C)=C(/C#N)C(=O)NC(N)=O. The molecule has 0 saturated heterocycles. The summed E-state index contributed by atoms with van der Waals surface area (Å²) in [5.41, 5.74) is 5.11. The monoisotopic (exact) mass is 238 g/mol. The molecule has 17 heavy (non-hydrogen) atoms. The minimum Gasteiger partial charge on any atom is -0.387 e. The Labute approximate surface area is 101 Å². The molecular formula is C11H18N4O2. The molecule has 0 aliphatic carbocycles. The Hall–Kier alpha value is -2.03. The van der Waals surface area contributed by atoms with Crippen LogP contribution in [0.2, 0.25) is 0 Å². The van der Waals surface area contributed by atoms with Crippen LogP contribution in [0.4, 0.5) is 4.79 Å². The second kappa shape index (κ2) is 7.28. The molecule has 0 fully saturated rings. The zero-order valence-electron chi connectivity index (χ0n) is 10.3. The molecule has 0 aromatic carbocycles. The van der Waals surface area contributed by atoms with Crippen molar-refractivity contribution in [3.05, 3.63) is 11.3 Å². The van der Waals surface area contributed by atoms with Crippen molar-refractivity contribution < 1.29 is 9.59 Å². The standard InChI is InChI=1S/C11H18N4O2/c1-7(2)4-5-14-8(3)9(6-12)10(16)15-11(13)17/h7,14H,4-5H2,1-3H3,(H3,13,15,16,17)/b9-8+. The molecule has 0 saturated carbocycles. The number of carbonyl (C=O) groups excluding carboxylic acids is 2. The molecule has 0 aromatic rings. The highest BCUT2D eigenvalue weighted by atomic mass is 16.2. The first kappa shape index (κ1) is 15.0. The van der Waals surface area contributed by atoms with E-state index in [9.17, 15) is 9.59 Å². The Morgan fingerprint density at radius 2 is 2.00 bits per heavy atom. The van der Waals surface area contributed by atoms with Crippen LogP contribution in [0, 0.1) is 17.2 Å². The number of nitriles is 1. The molecule has 0 atom stereocenters. The number of hydrogen-bond acceptors (Lipinski definition) is 4. The summed E-state index contributed by atoms with van der Waals surface area (Å²) in [6, 6.07) is 0.768. The second-order valence-corrected chi connectivity index (χ2v) is 4.04. The summed E-state index contributed by atoms with van der Waals surface area (Å²) < 4.78 is 0. The first-order chi connectivity index (χ1) is 7.88. The number of nitrogens with one attached hydrogen (secondary N) is 2. The van der Waals surface area contributed by atoms with Crippen molar-refractivity contribution in [2.24, 2.45) is 11.7 Å². The van der Waals surface area contributed by atoms with Crippen LogP contribution in [0.3, 0.4) is 0 Å². The van der Waals surface area contributed by atoms with Gasteiger partial charge in [-0.15, -0.1) is 0 Å². The molecule has 0 aliphatic rings. The summed E-state index contributed by atoms with van der Waals surface area (Å²) in [4.78, 5) is 21.9. The summed E-state index contributed by atoms with van der Waals surface area (Å²) in [5, 5.41) is 13.6. The van der Waals surface area contributed by atoms with Crippen LogP contribution in [0.25, 0.3) is 0 Å². The van der Waals surface area contributed by atoms with Crippen molar-refractivity contribution in [3.8, 4) is 6.07 Å². The van der Waals surface area contributed by atoms with Crippen LogP contribution < -0.4 is 16.4 Å². The fourth-order valence-corrected chi connectivity index (χ4v) is 1.12. The van der Waals surface area contributed by atoms with Gasteiger partial charge in [-0.1, -0.05) is 13.8 Å². The predicted molar refractivity (Wildman–Crippen MR) is 63.5 cm³/mol. The van der Waals surface area contributed by atoms with Crippen molar-refractivity contribution in [2.75, 3.05) is 6.54 Å². The number of imide groups is 1. The maximum atomic E-state index is 11.4. The van der Waals surface area contributed by atoms with Gasteiger partial charge in [-0.25, -0.2) is 4.79 Å². The lowest BCUT2D eigenvalue weighted by molar-refractivity contribution is -0.116. The van der Waals surface area contributed by atoms with Gasteiger partial charge < -0.3 is 11.1 Å². The maximum Gasteiger partial charge on any atom is 0.319 e. The topological polar surface area (TPSA) is 108 Å². The third-order valence-electron chi connectivity index (χ3n) is 2.06. The van der Waals surface area contributed by atoms with Gasteiger partial charge in [0, 0.05) is 12.2 Å². The molecule has 0 bridgehead atoms. The van der Waals surface area contributed by atoms with E-state index in [1.165, 1.54) is 0 Å². The molecule has 6 nitrogen and oxygen atoms in total. The van der Waals surface area contributed by atoms with E-state index in [4.69, 9.17) is 11.0 Å². The number of allylic oxidation sites excluding steroid dienone is 1. The molecule has 6 heteroatoms. The van der Waals surface area contributed by atoms with Crippen LogP contribution in [0.15, 0.2) is 11.3 Å². The minimum absolute atomic E-state index is 0.132. The first-order valence-corrected chi connectivity index (χ1v) is 5.34. The predicted octanol–water partition coefficient (Wildman–Crippen LogP) is 0.615. The average molecular weight is 238 g/mol. The van der Waals surface area contributed by atoms with E-state index >= 15 is 0 Å². The molecule has 0 rings (SSSR count). The summed E-state index contributed by atoms with van der Waals surface area (Å²) in [7, 11) is 0. The zero-order valence-corrected chi connectivity index (χ0v) is 10.3. The second-order valence-electron chi connectivity index (χ2n) is 4.04. The lowest BCUT2D eigenvalue weighted by Gasteiger charge is -2.10. The van der Waals surface area contributed by atoms with Gasteiger partial charge >= 0.3 is 6.03 Å². The van der Waals surface area contributed by atoms with Gasteiger partial charge in [0.25, 0.3) is 5.91 Å². The van der Waals surface area contributed by atoms with Crippen molar-refractivity contribution in [3.63, 3.8) is 0 Å². The lowest BCUT2D eigenvalue weighted by Crippen LogP contribution is -2.36. The van der Waals surface area contributed by atoms with Crippen LogP contribution >= 0.6 is 0 Å². The number of hydrogen-bond donors (Lipinski definition) is 3. The molecule has 0 aliphatic heterocycles. The van der Waals surface area contributed by atoms with E-state index in [0.717, 1.165) is 6.42 Å². The van der Waals surface area contributed by atoms with Crippen molar-refractivity contribution in [2.45, 2.75) is 27.2 Å². The number of urea groups is 1. The Morgan fingerprint density at radius 1 is 1.41 bits per heavy atom. The summed E-state index contributed by atoms with van der Waals surface area (Å²) in [6.45, 7) is 6.43. The van der Waals surface area contributed by atoms with Gasteiger partial charge in [0.2, 0.25) is 0 Å². The third-order valence-corrected chi connectivity index (χ3v) is 2.06. The molecule has 3 amide bonds. The van der Waals surface area contributed by atoms with E-state index in [1.54, 1.807) is 13.0 Å². The van der Waals surface area contributed by atoms with Crippen LogP contribution in [-0.4, -0.2) is 18.5 Å². The quantitative estimate of drug-likeness (QED) is 0.481. The molecule has 0 spiro atoms.